The predicted molar refractivity (Wildman–Crippen MR) is 81.4 cm³/mol. The van der Waals surface area contributed by atoms with E-state index in [0.29, 0.717) is 5.88 Å². The zero-order valence-electron chi connectivity index (χ0n) is 9.85. The first-order valence-corrected chi connectivity index (χ1v) is 7.53. The number of thiophene rings is 1. The number of hydrogen-bond donors (Lipinski definition) is 0. The molecule has 6 heteroatoms. The molecule has 0 aliphatic carbocycles. The fraction of sp³-hybridized carbons (Fsp3) is 0.0769. The second-order valence-corrected chi connectivity index (χ2v) is 6.10. The van der Waals surface area contributed by atoms with Crippen molar-refractivity contribution in [2.45, 2.75) is 6.92 Å². The number of aryl methyl sites for hydroxylation is 1. The van der Waals surface area contributed by atoms with Gasteiger partial charge < -0.3 is 4.74 Å². The maximum atomic E-state index is 5.91. The SMILES string of the molecule is Cc1ccc(Br)cc1Oc1nc(Cl)nc2sccc12. The highest BCUT2D eigenvalue weighted by Crippen LogP contribution is 2.33. The number of nitrogens with zero attached hydrogens (tertiary/aromatic N) is 2. The van der Waals surface area contributed by atoms with Crippen LogP contribution >= 0.6 is 38.9 Å². The zero-order chi connectivity index (χ0) is 13.4. The topological polar surface area (TPSA) is 35.0 Å². The van der Waals surface area contributed by atoms with Crippen molar-refractivity contribution in [1.29, 1.82) is 0 Å². The van der Waals surface area contributed by atoms with Gasteiger partial charge in [-0.2, -0.15) is 4.98 Å². The molecule has 1 aromatic carbocycles. The number of ether oxygens (including phenoxy) is 1. The molecule has 0 radical (unpaired) electrons. The van der Waals surface area contributed by atoms with Gasteiger partial charge in [-0.05, 0) is 47.7 Å². The monoisotopic (exact) mass is 354 g/mol. The minimum absolute atomic E-state index is 0.192. The van der Waals surface area contributed by atoms with Crippen LogP contribution in [0.5, 0.6) is 11.6 Å². The van der Waals surface area contributed by atoms with Crippen LogP contribution in [0, 0.1) is 6.92 Å². The molecule has 0 aliphatic rings. The van der Waals surface area contributed by atoms with Crippen molar-refractivity contribution in [2.75, 3.05) is 0 Å². The predicted octanol–water partition coefficient (Wildman–Crippen LogP) is 5.21. The van der Waals surface area contributed by atoms with E-state index in [-0.39, 0.29) is 5.28 Å². The third-order valence-electron chi connectivity index (χ3n) is 2.62. The van der Waals surface area contributed by atoms with E-state index in [2.05, 4.69) is 25.9 Å². The molecule has 0 aliphatic heterocycles. The van der Waals surface area contributed by atoms with E-state index in [1.807, 2.05) is 36.6 Å². The average Bonchev–Trinajstić information content (AvgIpc) is 2.82. The lowest BCUT2D eigenvalue weighted by molar-refractivity contribution is 0.464. The molecule has 3 nitrogen and oxygen atoms in total. The number of benzene rings is 1. The highest BCUT2D eigenvalue weighted by Gasteiger charge is 2.11. The molecule has 0 unspecified atom stereocenters. The maximum Gasteiger partial charge on any atom is 0.232 e. The van der Waals surface area contributed by atoms with Gasteiger partial charge in [-0.3, -0.25) is 0 Å². The highest BCUT2D eigenvalue weighted by molar-refractivity contribution is 9.10. The standard InChI is InChI=1S/C13H8BrClN2OS/c1-7-2-3-8(14)6-10(7)18-11-9-4-5-19-12(9)17-13(15)16-11/h2-6H,1H3. The fourth-order valence-corrected chi connectivity index (χ4v) is 2.98. The van der Waals surface area contributed by atoms with Crippen molar-refractivity contribution < 1.29 is 4.74 Å². The van der Waals surface area contributed by atoms with Crippen molar-refractivity contribution in [3.8, 4) is 11.6 Å². The Morgan fingerprint density at radius 2 is 2.11 bits per heavy atom. The maximum absolute atomic E-state index is 5.91. The Kier molecular flexibility index (Phi) is 3.43. The summed E-state index contributed by atoms with van der Waals surface area (Å²) in [6.45, 7) is 1.98. The van der Waals surface area contributed by atoms with Crippen LogP contribution in [-0.2, 0) is 0 Å². The van der Waals surface area contributed by atoms with E-state index in [0.717, 1.165) is 26.0 Å². The molecule has 0 saturated heterocycles. The molecule has 96 valence electrons. The summed E-state index contributed by atoms with van der Waals surface area (Å²) in [5, 5.41) is 3.00. The second-order valence-electron chi connectivity index (χ2n) is 3.95. The fourth-order valence-electron chi connectivity index (χ4n) is 1.67. The summed E-state index contributed by atoms with van der Waals surface area (Å²) in [7, 11) is 0. The van der Waals surface area contributed by atoms with Gasteiger partial charge in [0.05, 0.1) is 5.39 Å². The van der Waals surface area contributed by atoms with Crippen LogP contribution in [0.2, 0.25) is 5.28 Å². The van der Waals surface area contributed by atoms with Crippen LogP contribution in [0.4, 0.5) is 0 Å². The smallest absolute Gasteiger partial charge is 0.232 e. The van der Waals surface area contributed by atoms with Gasteiger partial charge in [0, 0.05) is 4.47 Å². The summed E-state index contributed by atoms with van der Waals surface area (Å²) >= 11 is 10.9. The Balaban J connectivity index is 2.10. The van der Waals surface area contributed by atoms with E-state index >= 15 is 0 Å². The van der Waals surface area contributed by atoms with E-state index in [4.69, 9.17) is 16.3 Å². The molecule has 0 amide bonds. The summed E-state index contributed by atoms with van der Waals surface area (Å²) < 4.78 is 6.84. The summed E-state index contributed by atoms with van der Waals surface area (Å²) in [6.07, 6.45) is 0. The largest absolute Gasteiger partial charge is 0.438 e. The first-order valence-electron chi connectivity index (χ1n) is 5.48. The lowest BCUT2D eigenvalue weighted by Crippen LogP contribution is -1.93. The van der Waals surface area contributed by atoms with Crippen molar-refractivity contribution >= 4 is 49.1 Å². The van der Waals surface area contributed by atoms with Gasteiger partial charge in [0.25, 0.3) is 0 Å². The van der Waals surface area contributed by atoms with Crippen molar-refractivity contribution in [3.05, 3.63) is 45.0 Å². The van der Waals surface area contributed by atoms with Gasteiger partial charge in [0.2, 0.25) is 11.2 Å². The zero-order valence-corrected chi connectivity index (χ0v) is 13.0. The molecule has 2 aromatic heterocycles. The van der Waals surface area contributed by atoms with Gasteiger partial charge in [0.15, 0.2) is 0 Å². The minimum atomic E-state index is 0.192. The third-order valence-corrected chi connectivity index (χ3v) is 4.09. The molecular formula is C13H8BrClN2OS. The molecule has 3 aromatic rings. The molecule has 0 spiro atoms. The first-order chi connectivity index (χ1) is 9.13. The van der Waals surface area contributed by atoms with Crippen molar-refractivity contribution in [2.24, 2.45) is 0 Å². The Hall–Kier alpha value is -1.17. The minimum Gasteiger partial charge on any atom is -0.438 e. The second kappa shape index (κ2) is 5.07. The molecular weight excluding hydrogens is 348 g/mol. The summed E-state index contributed by atoms with van der Waals surface area (Å²) in [5.41, 5.74) is 1.03. The molecule has 0 bridgehead atoms. The third kappa shape index (κ3) is 2.59. The Morgan fingerprint density at radius 3 is 2.95 bits per heavy atom. The first kappa shape index (κ1) is 12.8. The van der Waals surface area contributed by atoms with Gasteiger partial charge >= 0.3 is 0 Å². The van der Waals surface area contributed by atoms with Crippen LogP contribution in [0.3, 0.4) is 0 Å². The molecule has 2 heterocycles. The van der Waals surface area contributed by atoms with Crippen molar-refractivity contribution in [1.82, 2.24) is 9.97 Å². The number of hydrogen-bond acceptors (Lipinski definition) is 4. The molecule has 0 saturated carbocycles. The summed E-state index contributed by atoms with van der Waals surface area (Å²) in [4.78, 5) is 9.15. The molecule has 19 heavy (non-hydrogen) atoms. The van der Waals surface area contributed by atoms with Crippen molar-refractivity contribution in [3.63, 3.8) is 0 Å². The number of aromatic nitrogens is 2. The molecule has 0 N–H and O–H groups in total. The van der Waals surface area contributed by atoms with E-state index in [1.165, 1.54) is 11.3 Å². The van der Waals surface area contributed by atoms with Gasteiger partial charge in [0.1, 0.15) is 10.6 Å². The van der Waals surface area contributed by atoms with Crippen LogP contribution in [0.25, 0.3) is 10.2 Å². The summed E-state index contributed by atoms with van der Waals surface area (Å²) in [5.74, 6) is 1.23. The van der Waals surface area contributed by atoms with Crippen LogP contribution in [0.1, 0.15) is 5.56 Å². The highest BCUT2D eigenvalue weighted by atomic mass is 79.9. The lowest BCUT2D eigenvalue weighted by atomic mass is 10.2. The van der Waals surface area contributed by atoms with Crippen LogP contribution in [-0.4, -0.2) is 9.97 Å². The number of halogens is 2. The van der Waals surface area contributed by atoms with Gasteiger partial charge in [-0.25, -0.2) is 4.98 Å². The average molecular weight is 356 g/mol. The van der Waals surface area contributed by atoms with E-state index in [1.54, 1.807) is 0 Å². The quantitative estimate of drug-likeness (QED) is 0.592. The van der Waals surface area contributed by atoms with Gasteiger partial charge in [-0.1, -0.05) is 22.0 Å². The Labute approximate surface area is 127 Å². The Bertz CT molecular complexity index is 759. The van der Waals surface area contributed by atoms with E-state index in [9.17, 15) is 0 Å². The molecule has 0 fully saturated rings. The summed E-state index contributed by atoms with van der Waals surface area (Å²) in [6, 6.07) is 7.78. The Morgan fingerprint density at radius 1 is 1.26 bits per heavy atom. The van der Waals surface area contributed by atoms with E-state index < -0.39 is 0 Å². The normalized spacial score (nSPS) is 10.9. The van der Waals surface area contributed by atoms with Crippen LogP contribution in [0.15, 0.2) is 34.1 Å². The number of fused-ring (bicyclic) bond motifs is 1. The van der Waals surface area contributed by atoms with Crippen LogP contribution < -0.4 is 4.74 Å². The lowest BCUT2D eigenvalue weighted by Gasteiger charge is -2.09. The molecule has 3 rings (SSSR count). The molecule has 0 atom stereocenters. The van der Waals surface area contributed by atoms with Gasteiger partial charge in [-0.15, -0.1) is 11.3 Å². The number of rotatable bonds is 2.